The first kappa shape index (κ1) is 34.0. The Morgan fingerprint density at radius 2 is 1.71 bits per heavy atom. The molecule has 2 aromatic carbocycles. The molecule has 0 bridgehead atoms. The number of carbonyl (C=O) groups excluding carboxylic acids is 2. The van der Waals surface area contributed by atoms with Crippen LogP contribution in [0.4, 0.5) is 24.1 Å². The molecule has 3 N–H and O–H groups in total. The fraction of sp³-hybridized carbons (Fsp3) is 0.414. The molecule has 4 rings (SSSR count). The molecule has 3 aromatic rings. The normalized spacial score (nSPS) is 16.3. The minimum Gasteiger partial charge on any atom is -0.462 e. The van der Waals surface area contributed by atoms with Gasteiger partial charge >= 0.3 is 12.3 Å². The van der Waals surface area contributed by atoms with Gasteiger partial charge in [-0.15, -0.1) is 13.2 Å². The summed E-state index contributed by atoms with van der Waals surface area (Å²) in [6, 6.07) is 10.2. The van der Waals surface area contributed by atoms with Crippen molar-refractivity contribution in [2.75, 3.05) is 36.9 Å². The van der Waals surface area contributed by atoms with Crippen LogP contribution in [0.5, 0.6) is 5.75 Å². The summed E-state index contributed by atoms with van der Waals surface area (Å²) in [7, 11) is -4.36. The first-order chi connectivity index (χ1) is 21.0. The highest BCUT2D eigenvalue weighted by atomic mass is 32.2. The Morgan fingerprint density at radius 1 is 1.07 bits per heavy atom. The standard InChI is InChI=1S/C29H34F3N5O6S2/c1-5-42-26(39)23-24(33)35-27(44-23)36-14-15-37(45(40,41)21-12-10-20(11-13-21)43-29(30,31)32)22(17-36)25(38)34-16-18-6-8-19(9-7-18)28(2,3)4/h6-13,22H,5,14-17,33H2,1-4H3,(H,34,38)/t22-/m1/s1. The average Bonchev–Trinajstić information content (AvgIpc) is 3.36. The molecule has 0 aliphatic carbocycles. The molecular formula is C29H34F3N5O6S2. The first-order valence-corrected chi connectivity index (χ1v) is 16.2. The number of rotatable bonds is 9. The van der Waals surface area contributed by atoms with Crippen LogP contribution in [0.3, 0.4) is 0 Å². The number of alkyl halides is 3. The highest BCUT2D eigenvalue weighted by molar-refractivity contribution is 7.89. The van der Waals surface area contributed by atoms with Crippen LogP contribution in [0.2, 0.25) is 0 Å². The van der Waals surface area contributed by atoms with Gasteiger partial charge in [0.15, 0.2) is 15.8 Å². The lowest BCUT2D eigenvalue weighted by atomic mass is 9.87. The monoisotopic (exact) mass is 669 g/mol. The summed E-state index contributed by atoms with van der Waals surface area (Å²) in [5.74, 6) is -1.89. The number of benzene rings is 2. The number of hydrogen-bond donors (Lipinski definition) is 2. The Morgan fingerprint density at radius 3 is 2.29 bits per heavy atom. The lowest BCUT2D eigenvalue weighted by Crippen LogP contribution is -2.60. The summed E-state index contributed by atoms with van der Waals surface area (Å²) < 4.78 is 75.2. The second-order valence-electron chi connectivity index (χ2n) is 11.2. The van der Waals surface area contributed by atoms with Gasteiger partial charge < -0.3 is 25.4 Å². The van der Waals surface area contributed by atoms with Gasteiger partial charge in [0.2, 0.25) is 15.9 Å². The van der Waals surface area contributed by atoms with E-state index in [0.717, 1.165) is 51.0 Å². The SMILES string of the molecule is CCOC(=O)c1sc(N2CCN(S(=O)(=O)c3ccc(OC(F)(F)F)cc3)[C@@H](C(=O)NCc3ccc(C(C)(C)C)cc3)C2)nc1N. The van der Waals surface area contributed by atoms with Crippen molar-refractivity contribution in [2.24, 2.45) is 0 Å². The van der Waals surface area contributed by atoms with Crippen molar-refractivity contribution in [1.29, 1.82) is 0 Å². The van der Waals surface area contributed by atoms with Crippen LogP contribution >= 0.6 is 11.3 Å². The van der Waals surface area contributed by atoms with Crippen LogP contribution in [0.1, 0.15) is 48.5 Å². The number of hydrogen-bond acceptors (Lipinski definition) is 10. The Hall–Kier alpha value is -3.89. The maximum atomic E-state index is 13.7. The Balaban J connectivity index is 1.60. The number of amides is 1. The van der Waals surface area contributed by atoms with Crippen LogP contribution in [-0.4, -0.2) is 68.2 Å². The number of nitrogens with two attached hydrogens (primary N) is 1. The van der Waals surface area contributed by atoms with E-state index in [1.165, 1.54) is 0 Å². The van der Waals surface area contributed by atoms with E-state index >= 15 is 0 Å². The quantitative estimate of drug-likeness (QED) is 0.319. The van der Waals surface area contributed by atoms with Crippen molar-refractivity contribution >= 4 is 44.2 Å². The molecule has 1 aliphatic heterocycles. The first-order valence-electron chi connectivity index (χ1n) is 13.9. The van der Waals surface area contributed by atoms with E-state index in [4.69, 9.17) is 10.5 Å². The van der Waals surface area contributed by atoms with Gasteiger partial charge in [0.1, 0.15) is 11.8 Å². The minimum absolute atomic E-state index is 0.0515. The van der Waals surface area contributed by atoms with E-state index in [9.17, 15) is 31.2 Å². The summed E-state index contributed by atoms with van der Waals surface area (Å²) >= 11 is 0.962. The number of thiazole rings is 1. The molecule has 1 aliphatic rings. The number of sulfonamides is 1. The molecular weight excluding hydrogens is 635 g/mol. The fourth-order valence-corrected chi connectivity index (χ4v) is 7.10. The van der Waals surface area contributed by atoms with Crippen LogP contribution in [0.15, 0.2) is 53.4 Å². The molecule has 1 saturated heterocycles. The predicted octanol–water partition coefficient (Wildman–Crippen LogP) is 4.29. The summed E-state index contributed by atoms with van der Waals surface area (Å²) in [5, 5.41) is 3.11. The Bertz CT molecular complexity index is 1620. The van der Waals surface area contributed by atoms with E-state index in [0.29, 0.717) is 5.13 Å². The van der Waals surface area contributed by atoms with Crippen molar-refractivity contribution in [3.8, 4) is 5.75 Å². The second kappa shape index (κ2) is 13.2. The molecule has 0 saturated carbocycles. The molecule has 16 heteroatoms. The number of piperazine rings is 1. The molecule has 1 aromatic heterocycles. The third-order valence-corrected chi connectivity index (χ3v) is 9.99. The summed E-state index contributed by atoms with van der Waals surface area (Å²) in [4.78, 5) is 31.6. The minimum atomic E-state index is -4.95. The van der Waals surface area contributed by atoms with Crippen molar-refractivity contribution in [2.45, 2.75) is 57.0 Å². The van der Waals surface area contributed by atoms with E-state index in [1.807, 2.05) is 24.3 Å². The zero-order chi connectivity index (χ0) is 33.2. The van der Waals surface area contributed by atoms with Gasteiger partial charge in [-0.25, -0.2) is 18.2 Å². The number of ether oxygens (including phenoxy) is 2. The van der Waals surface area contributed by atoms with Gasteiger partial charge in [-0.1, -0.05) is 56.4 Å². The molecule has 0 spiro atoms. The van der Waals surface area contributed by atoms with Crippen LogP contribution in [0, 0.1) is 0 Å². The lowest BCUT2D eigenvalue weighted by Gasteiger charge is -2.39. The van der Waals surface area contributed by atoms with E-state index < -0.39 is 40.1 Å². The second-order valence-corrected chi connectivity index (χ2v) is 14.1. The molecule has 244 valence electrons. The van der Waals surface area contributed by atoms with Crippen molar-refractivity contribution in [3.05, 3.63) is 64.5 Å². The maximum absolute atomic E-state index is 13.7. The van der Waals surface area contributed by atoms with Gasteiger partial charge in [-0.3, -0.25) is 4.79 Å². The molecule has 2 heterocycles. The number of halogens is 3. The maximum Gasteiger partial charge on any atom is 0.573 e. The van der Waals surface area contributed by atoms with E-state index in [-0.39, 0.29) is 53.8 Å². The third kappa shape index (κ3) is 8.23. The number of nitrogens with zero attached hydrogens (tertiary/aromatic N) is 3. The zero-order valence-corrected chi connectivity index (χ0v) is 26.7. The highest BCUT2D eigenvalue weighted by Crippen LogP contribution is 2.32. The largest absolute Gasteiger partial charge is 0.573 e. The van der Waals surface area contributed by atoms with Crippen LogP contribution in [-0.2, 0) is 31.5 Å². The number of nitrogen functional groups attached to an aromatic ring is 1. The summed E-state index contributed by atoms with van der Waals surface area (Å²) in [5.41, 5.74) is 7.79. The molecule has 1 atom stereocenters. The van der Waals surface area contributed by atoms with Gasteiger partial charge in [0, 0.05) is 26.2 Å². The van der Waals surface area contributed by atoms with Crippen molar-refractivity contribution in [3.63, 3.8) is 0 Å². The molecule has 45 heavy (non-hydrogen) atoms. The summed E-state index contributed by atoms with van der Waals surface area (Å²) in [6.45, 7) is 7.91. The van der Waals surface area contributed by atoms with Gasteiger partial charge in [-0.05, 0) is 47.7 Å². The number of aromatic nitrogens is 1. The Kier molecular flexibility index (Phi) is 9.99. The number of esters is 1. The Labute approximate surface area is 263 Å². The van der Waals surface area contributed by atoms with E-state index in [2.05, 4.69) is 35.8 Å². The molecule has 1 fully saturated rings. The molecule has 0 unspecified atom stereocenters. The topological polar surface area (TPSA) is 144 Å². The van der Waals surface area contributed by atoms with Gasteiger partial charge in [0.25, 0.3) is 0 Å². The molecule has 11 nitrogen and oxygen atoms in total. The van der Waals surface area contributed by atoms with Crippen molar-refractivity contribution < 1.29 is 40.7 Å². The van der Waals surface area contributed by atoms with Crippen molar-refractivity contribution in [1.82, 2.24) is 14.6 Å². The van der Waals surface area contributed by atoms with Gasteiger partial charge in [0.05, 0.1) is 11.5 Å². The zero-order valence-electron chi connectivity index (χ0n) is 25.1. The van der Waals surface area contributed by atoms with Crippen LogP contribution < -0.4 is 20.7 Å². The van der Waals surface area contributed by atoms with Crippen LogP contribution in [0.25, 0.3) is 0 Å². The summed E-state index contributed by atoms with van der Waals surface area (Å²) in [6.07, 6.45) is -4.95. The number of carbonyl (C=O) groups is 2. The smallest absolute Gasteiger partial charge is 0.462 e. The predicted molar refractivity (Wildman–Crippen MR) is 162 cm³/mol. The van der Waals surface area contributed by atoms with E-state index in [1.54, 1.807) is 11.8 Å². The highest BCUT2D eigenvalue weighted by Gasteiger charge is 2.41. The number of nitrogens with one attached hydrogen (secondary N) is 1. The fourth-order valence-electron chi connectivity index (χ4n) is 4.62. The third-order valence-electron chi connectivity index (χ3n) is 6.96. The lowest BCUT2D eigenvalue weighted by molar-refractivity contribution is -0.274. The molecule has 0 radical (unpaired) electrons. The number of anilines is 2. The molecule has 1 amide bonds. The van der Waals surface area contributed by atoms with Gasteiger partial charge in [-0.2, -0.15) is 4.31 Å². The average molecular weight is 670 g/mol.